The Bertz CT molecular complexity index is 906. The van der Waals surface area contributed by atoms with E-state index in [0.29, 0.717) is 17.4 Å². The first kappa shape index (κ1) is 49.3. The molecule has 0 saturated carbocycles. The molecular weight excluding hydrogens is 678 g/mol. The molecule has 14 heteroatoms. The minimum atomic E-state index is -4.12. The number of unbranched alkanes of at least 4 members (excludes halogenated alkanes) is 14. The Hall–Kier alpha value is -1.65. The van der Waals surface area contributed by atoms with Crippen LogP contribution < -0.4 is 0 Å². The lowest BCUT2D eigenvalue weighted by molar-refractivity contribution is -0.890. The molecule has 0 heterocycles. The summed E-state index contributed by atoms with van der Waals surface area (Å²) < 4.78 is 18.9. The summed E-state index contributed by atoms with van der Waals surface area (Å²) >= 11 is 0. The predicted molar refractivity (Wildman–Crippen MR) is 198 cm³/mol. The third-order valence-electron chi connectivity index (χ3n) is 10.0. The summed E-state index contributed by atoms with van der Waals surface area (Å²) in [5.41, 5.74) is -5.27. The summed E-state index contributed by atoms with van der Waals surface area (Å²) in [6.45, 7) is 3.62. The van der Waals surface area contributed by atoms with Crippen molar-refractivity contribution in [2.24, 2.45) is 16.2 Å². The molecule has 0 aliphatic carbocycles. The molecule has 0 aromatic heterocycles. The van der Waals surface area contributed by atoms with Crippen LogP contribution in [-0.2, 0) is 27.7 Å². The fourth-order valence-corrected chi connectivity index (χ4v) is 8.31. The van der Waals surface area contributed by atoms with Crippen molar-refractivity contribution in [2.45, 2.75) is 136 Å². The first-order valence-corrected chi connectivity index (χ1v) is 21.1. The van der Waals surface area contributed by atoms with E-state index in [1.54, 1.807) is 0 Å². The summed E-state index contributed by atoms with van der Waals surface area (Å²) in [7, 11) is 0.0817. The summed E-state index contributed by atoms with van der Waals surface area (Å²) in [6, 6.07) is 0.0803. The maximum Gasteiger partial charge on any atom is 0.501 e. The van der Waals surface area contributed by atoms with Crippen LogP contribution in [-0.4, -0.2) is 129 Å². The molecule has 0 amide bonds. The van der Waals surface area contributed by atoms with Gasteiger partial charge >= 0.3 is 26.7 Å². The summed E-state index contributed by atoms with van der Waals surface area (Å²) in [5.74, 6) is -4.03. The molecule has 302 valence electrons. The smallest absolute Gasteiger partial charge is 0.481 e. The number of aliphatic carboxylic acids is 3. The van der Waals surface area contributed by atoms with Gasteiger partial charge in [-0.25, -0.2) is 0 Å². The standard InChI is InChI=1S/C37H73NO12Si/c1-7-8-9-10-11-12-13-14-15-16-17-18-19-20-21-23-38(5,6)24-22-25-51(48-29-35(2,26-39)32(42)43,49-30-36(3,27-40)33(44)45)50-31-37(4,28-41)34(46)47/h39-41H,7-31H2,1-6H3,(H2-,42,43,44,45,46,47)/p+1. The Morgan fingerprint density at radius 2 is 0.784 bits per heavy atom. The monoisotopic (exact) mass is 752 g/mol. The van der Waals surface area contributed by atoms with Gasteiger partial charge in [-0.1, -0.05) is 90.4 Å². The molecular formula is C37H74NO12Si+. The second-order valence-electron chi connectivity index (χ2n) is 16.1. The zero-order chi connectivity index (χ0) is 39.0. The van der Waals surface area contributed by atoms with E-state index in [1.165, 1.54) is 104 Å². The van der Waals surface area contributed by atoms with E-state index in [-0.39, 0.29) is 6.04 Å². The topological polar surface area (TPSA) is 200 Å². The van der Waals surface area contributed by atoms with Crippen LogP contribution in [0.1, 0.15) is 130 Å². The Balaban J connectivity index is 5.35. The van der Waals surface area contributed by atoms with E-state index >= 15 is 0 Å². The van der Waals surface area contributed by atoms with Crippen LogP contribution in [0.3, 0.4) is 0 Å². The molecule has 0 fully saturated rings. The van der Waals surface area contributed by atoms with E-state index in [4.69, 9.17) is 13.3 Å². The fourth-order valence-electron chi connectivity index (χ4n) is 5.42. The van der Waals surface area contributed by atoms with Gasteiger partial charge in [0, 0.05) is 12.5 Å². The van der Waals surface area contributed by atoms with Gasteiger partial charge in [-0.05, 0) is 33.6 Å². The lowest BCUT2D eigenvalue weighted by atomic mass is 9.94. The van der Waals surface area contributed by atoms with Crippen molar-refractivity contribution >= 4 is 26.7 Å². The van der Waals surface area contributed by atoms with E-state index < -0.39 is 82.6 Å². The summed E-state index contributed by atoms with van der Waals surface area (Å²) in [5, 5.41) is 58.8. The van der Waals surface area contributed by atoms with Crippen LogP contribution in [0, 0.1) is 16.2 Å². The van der Waals surface area contributed by atoms with E-state index in [1.807, 2.05) is 0 Å². The number of hydrogen-bond donors (Lipinski definition) is 6. The average Bonchev–Trinajstić information content (AvgIpc) is 3.09. The van der Waals surface area contributed by atoms with Crippen molar-refractivity contribution in [3.63, 3.8) is 0 Å². The van der Waals surface area contributed by atoms with Crippen molar-refractivity contribution in [1.29, 1.82) is 0 Å². The normalized spacial score (nSPS) is 16.9. The summed E-state index contributed by atoms with van der Waals surface area (Å²) in [6.07, 6.45) is 19.8. The molecule has 0 rings (SSSR count). The van der Waals surface area contributed by atoms with Gasteiger partial charge in [0.2, 0.25) is 0 Å². The zero-order valence-electron chi connectivity index (χ0n) is 32.8. The second kappa shape index (κ2) is 25.4. The molecule has 0 aliphatic rings. The SMILES string of the molecule is CCCCCCCCCCCCCCCCC[N+](C)(C)CCC[Si](OCC(C)(CO)C(=O)O)(OCC(C)(CO)C(=O)O)OCC(C)(CO)C(=O)O. The van der Waals surface area contributed by atoms with Gasteiger partial charge in [-0.3, -0.25) is 14.4 Å². The predicted octanol–water partition coefficient (Wildman–Crippen LogP) is 5.56. The Kier molecular flexibility index (Phi) is 24.6. The van der Waals surface area contributed by atoms with Crippen molar-refractivity contribution in [3.05, 3.63) is 0 Å². The lowest BCUT2D eigenvalue weighted by Gasteiger charge is -2.37. The molecule has 3 unspecified atom stereocenters. The van der Waals surface area contributed by atoms with Crippen molar-refractivity contribution < 1.29 is 62.8 Å². The fraction of sp³-hybridized carbons (Fsp3) is 0.919. The molecule has 0 aliphatic heterocycles. The third-order valence-corrected chi connectivity index (χ3v) is 12.8. The summed E-state index contributed by atoms with van der Waals surface area (Å²) in [4.78, 5) is 35.9. The van der Waals surface area contributed by atoms with Gasteiger partial charge in [0.25, 0.3) is 0 Å². The van der Waals surface area contributed by atoms with E-state index in [0.717, 1.165) is 19.4 Å². The Morgan fingerprint density at radius 3 is 1.06 bits per heavy atom. The van der Waals surface area contributed by atoms with Gasteiger partial charge in [-0.2, -0.15) is 0 Å². The van der Waals surface area contributed by atoms with Gasteiger partial charge < -0.3 is 48.4 Å². The molecule has 0 spiro atoms. The third kappa shape index (κ3) is 19.8. The largest absolute Gasteiger partial charge is 0.501 e. The molecule has 0 aromatic rings. The second-order valence-corrected chi connectivity index (χ2v) is 18.8. The Labute approximate surface area is 308 Å². The molecule has 13 nitrogen and oxygen atoms in total. The molecule has 0 radical (unpaired) electrons. The number of aliphatic hydroxyl groups excluding tert-OH is 3. The van der Waals surface area contributed by atoms with Crippen LogP contribution >= 0.6 is 0 Å². The number of carboxylic acid groups (broad SMARTS) is 3. The zero-order valence-corrected chi connectivity index (χ0v) is 33.8. The van der Waals surface area contributed by atoms with Crippen molar-refractivity contribution in [3.8, 4) is 0 Å². The minimum Gasteiger partial charge on any atom is -0.481 e. The number of quaternary nitrogens is 1. The van der Waals surface area contributed by atoms with E-state index in [9.17, 15) is 45.0 Å². The molecule has 51 heavy (non-hydrogen) atoms. The molecule has 3 atom stereocenters. The van der Waals surface area contributed by atoms with Gasteiger partial charge in [-0.15, -0.1) is 0 Å². The Morgan fingerprint density at radius 1 is 0.510 bits per heavy atom. The molecule has 0 aromatic carbocycles. The highest BCUT2D eigenvalue weighted by Gasteiger charge is 2.49. The minimum absolute atomic E-state index is 0.0803. The first-order valence-electron chi connectivity index (χ1n) is 19.2. The van der Waals surface area contributed by atoms with Crippen LogP contribution in [0.5, 0.6) is 0 Å². The van der Waals surface area contributed by atoms with Gasteiger partial charge in [0.15, 0.2) is 0 Å². The highest BCUT2D eigenvalue weighted by atomic mass is 28.4. The van der Waals surface area contributed by atoms with Crippen LogP contribution in [0.4, 0.5) is 0 Å². The first-order chi connectivity index (χ1) is 23.9. The average molecular weight is 753 g/mol. The van der Waals surface area contributed by atoms with Crippen LogP contribution in [0.15, 0.2) is 0 Å². The quantitative estimate of drug-likeness (QED) is 0.0268. The van der Waals surface area contributed by atoms with Crippen molar-refractivity contribution in [2.75, 3.05) is 66.8 Å². The number of carbonyl (C=O) groups is 3. The van der Waals surface area contributed by atoms with Gasteiger partial charge in [0.1, 0.15) is 16.2 Å². The number of nitrogens with zero attached hydrogens (tertiary/aromatic N) is 1. The number of rotatable bonds is 35. The maximum atomic E-state index is 12.0. The van der Waals surface area contributed by atoms with Crippen molar-refractivity contribution in [1.82, 2.24) is 0 Å². The van der Waals surface area contributed by atoms with Crippen LogP contribution in [0.2, 0.25) is 6.04 Å². The number of aliphatic hydroxyl groups is 3. The highest BCUT2D eigenvalue weighted by Crippen LogP contribution is 2.30. The highest BCUT2D eigenvalue weighted by molar-refractivity contribution is 6.60. The van der Waals surface area contributed by atoms with E-state index in [2.05, 4.69) is 21.0 Å². The molecule has 0 bridgehead atoms. The van der Waals surface area contributed by atoms with Crippen LogP contribution in [0.25, 0.3) is 0 Å². The van der Waals surface area contributed by atoms with Gasteiger partial charge in [0.05, 0.1) is 66.8 Å². The number of carboxylic acids is 3. The maximum absolute atomic E-state index is 12.0. The number of hydrogen-bond acceptors (Lipinski definition) is 9. The molecule has 0 saturated heterocycles. The lowest BCUT2D eigenvalue weighted by Crippen LogP contribution is -2.55. The molecule has 6 N–H and O–H groups in total.